The van der Waals surface area contributed by atoms with E-state index >= 15 is 0 Å². The van der Waals surface area contributed by atoms with Gasteiger partial charge in [0, 0.05) is 0 Å². The van der Waals surface area contributed by atoms with Crippen molar-refractivity contribution in [2.45, 2.75) is 33.1 Å². The third kappa shape index (κ3) is 1.59. The van der Waals surface area contributed by atoms with Crippen molar-refractivity contribution >= 4 is 5.78 Å². The number of rotatable bonds is 1. The van der Waals surface area contributed by atoms with E-state index in [9.17, 15) is 4.79 Å². The van der Waals surface area contributed by atoms with E-state index in [1.165, 1.54) is 0 Å². The third-order valence-electron chi connectivity index (χ3n) is 2.05. The first kappa shape index (κ1) is 8.25. The highest BCUT2D eigenvalue weighted by atomic mass is 16.1. The molecule has 0 amide bonds. The summed E-state index contributed by atoms with van der Waals surface area (Å²) in [5, 5.41) is 0. The molecule has 1 rings (SSSR count). The molecule has 60 valence electrons. The fourth-order valence-electron chi connectivity index (χ4n) is 1.42. The van der Waals surface area contributed by atoms with E-state index < -0.39 is 0 Å². The molecule has 0 aromatic heterocycles. The highest BCUT2D eigenvalue weighted by Crippen LogP contribution is 2.25. The SMILES string of the molecule is C/C=C1\CC/C(=C/CC)C1=O. The maximum absolute atomic E-state index is 11.4. The average molecular weight is 150 g/mol. The molecule has 1 heteroatoms. The molecular weight excluding hydrogens is 136 g/mol. The van der Waals surface area contributed by atoms with E-state index in [1.54, 1.807) is 0 Å². The number of hydrogen-bond acceptors (Lipinski definition) is 1. The Morgan fingerprint density at radius 3 is 2.45 bits per heavy atom. The molecule has 0 unspecified atom stereocenters. The molecule has 1 nitrogen and oxygen atoms in total. The lowest BCUT2D eigenvalue weighted by molar-refractivity contribution is -0.111. The van der Waals surface area contributed by atoms with Gasteiger partial charge in [0.05, 0.1) is 0 Å². The number of hydrogen-bond donors (Lipinski definition) is 0. The van der Waals surface area contributed by atoms with Gasteiger partial charge in [-0.05, 0) is 37.3 Å². The lowest BCUT2D eigenvalue weighted by Crippen LogP contribution is -1.94. The number of allylic oxidation sites excluding steroid dienone is 4. The van der Waals surface area contributed by atoms with Crippen LogP contribution >= 0.6 is 0 Å². The van der Waals surface area contributed by atoms with Gasteiger partial charge in [0.1, 0.15) is 0 Å². The van der Waals surface area contributed by atoms with Crippen molar-refractivity contribution in [3.8, 4) is 0 Å². The number of Topliss-reactive ketones (excluding diaryl/α,β-unsaturated/α-hetero) is 1. The first-order chi connectivity index (χ1) is 5.29. The van der Waals surface area contributed by atoms with Crippen LogP contribution in [0, 0.1) is 0 Å². The third-order valence-corrected chi connectivity index (χ3v) is 2.05. The summed E-state index contributed by atoms with van der Waals surface area (Å²) in [6.07, 6.45) is 6.84. The lowest BCUT2D eigenvalue weighted by atomic mass is 10.1. The summed E-state index contributed by atoms with van der Waals surface area (Å²) < 4.78 is 0. The maximum Gasteiger partial charge on any atom is 0.184 e. The van der Waals surface area contributed by atoms with E-state index in [1.807, 2.05) is 19.1 Å². The quantitative estimate of drug-likeness (QED) is 0.525. The Labute approximate surface area is 67.8 Å². The van der Waals surface area contributed by atoms with Gasteiger partial charge in [-0.3, -0.25) is 4.79 Å². The predicted octanol–water partition coefficient (Wildman–Crippen LogP) is 2.63. The Balaban J connectivity index is 2.79. The van der Waals surface area contributed by atoms with Gasteiger partial charge in [0.2, 0.25) is 0 Å². The fourth-order valence-corrected chi connectivity index (χ4v) is 1.42. The topological polar surface area (TPSA) is 17.1 Å². The lowest BCUT2D eigenvalue weighted by Gasteiger charge is -1.90. The van der Waals surface area contributed by atoms with Crippen LogP contribution in [0.3, 0.4) is 0 Å². The summed E-state index contributed by atoms with van der Waals surface area (Å²) in [5.74, 6) is 0.273. The summed E-state index contributed by atoms with van der Waals surface area (Å²) in [6.45, 7) is 4.00. The predicted molar refractivity (Wildman–Crippen MR) is 46.4 cm³/mol. The molecule has 1 saturated carbocycles. The Bertz CT molecular complexity index is 221. The van der Waals surface area contributed by atoms with E-state index in [2.05, 4.69) is 6.92 Å². The molecule has 0 aromatic carbocycles. The van der Waals surface area contributed by atoms with Crippen LogP contribution in [0.15, 0.2) is 23.3 Å². The van der Waals surface area contributed by atoms with Crippen LogP contribution in [0.4, 0.5) is 0 Å². The van der Waals surface area contributed by atoms with Crippen molar-refractivity contribution < 1.29 is 4.79 Å². The Hall–Kier alpha value is -0.850. The first-order valence-electron chi connectivity index (χ1n) is 4.18. The smallest absolute Gasteiger partial charge is 0.184 e. The molecule has 1 fully saturated rings. The van der Waals surface area contributed by atoms with E-state index in [0.717, 1.165) is 30.4 Å². The van der Waals surface area contributed by atoms with Crippen molar-refractivity contribution in [1.29, 1.82) is 0 Å². The highest BCUT2D eigenvalue weighted by Gasteiger charge is 2.20. The van der Waals surface area contributed by atoms with Crippen LogP contribution in [0.25, 0.3) is 0 Å². The van der Waals surface area contributed by atoms with Crippen molar-refractivity contribution in [3.63, 3.8) is 0 Å². The monoisotopic (exact) mass is 150 g/mol. The average Bonchev–Trinajstić information content (AvgIpc) is 2.34. The molecule has 0 bridgehead atoms. The minimum atomic E-state index is 0.273. The van der Waals surface area contributed by atoms with Crippen LogP contribution < -0.4 is 0 Å². The second kappa shape index (κ2) is 3.51. The van der Waals surface area contributed by atoms with Crippen LogP contribution in [-0.4, -0.2) is 5.78 Å². The zero-order chi connectivity index (χ0) is 8.27. The van der Waals surface area contributed by atoms with Gasteiger partial charge >= 0.3 is 0 Å². The van der Waals surface area contributed by atoms with Crippen molar-refractivity contribution in [2.75, 3.05) is 0 Å². The van der Waals surface area contributed by atoms with E-state index in [0.29, 0.717) is 0 Å². The minimum Gasteiger partial charge on any atom is -0.289 e. The molecule has 0 radical (unpaired) electrons. The molecule has 1 aliphatic carbocycles. The molecule has 0 saturated heterocycles. The van der Waals surface area contributed by atoms with E-state index in [4.69, 9.17) is 0 Å². The normalized spacial score (nSPS) is 25.5. The summed E-state index contributed by atoms with van der Waals surface area (Å²) >= 11 is 0. The first-order valence-corrected chi connectivity index (χ1v) is 4.18. The Kier molecular flexibility index (Phi) is 2.64. The Morgan fingerprint density at radius 1 is 1.36 bits per heavy atom. The molecular formula is C10H14O. The molecule has 0 heterocycles. The number of carbonyl (C=O) groups is 1. The van der Waals surface area contributed by atoms with Gasteiger partial charge in [0.25, 0.3) is 0 Å². The number of ketones is 1. The summed E-state index contributed by atoms with van der Waals surface area (Å²) in [6, 6.07) is 0. The summed E-state index contributed by atoms with van der Waals surface area (Å²) in [4.78, 5) is 11.4. The maximum atomic E-state index is 11.4. The molecule has 0 atom stereocenters. The van der Waals surface area contributed by atoms with Crippen LogP contribution in [0.5, 0.6) is 0 Å². The van der Waals surface area contributed by atoms with Crippen molar-refractivity contribution in [2.24, 2.45) is 0 Å². The largest absolute Gasteiger partial charge is 0.289 e. The van der Waals surface area contributed by atoms with Gasteiger partial charge in [0.15, 0.2) is 5.78 Å². The molecule has 0 N–H and O–H groups in total. The van der Waals surface area contributed by atoms with Crippen molar-refractivity contribution in [3.05, 3.63) is 23.3 Å². The van der Waals surface area contributed by atoms with Gasteiger partial charge in [-0.2, -0.15) is 0 Å². The fraction of sp³-hybridized carbons (Fsp3) is 0.500. The standard InChI is InChI=1S/C10H14O/c1-3-5-9-7-6-8(4-2)10(9)11/h4-5H,3,6-7H2,1-2H3/b8-4+,9-5-. The van der Waals surface area contributed by atoms with Gasteiger partial charge < -0.3 is 0 Å². The minimum absolute atomic E-state index is 0.273. The molecule has 11 heavy (non-hydrogen) atoms. The molecule has 0 spiro atoms. The summed E-state index contributed by atoms with van der Waals surface area (Å²) in [7, 11) is 0. The molecule has 0 aliphatic heterocycles. The molecule has 0 aromatic rings. The Morgan fingerprint density at radius 2 is 2.00 bits per heavy atom. The zero-order valence-electron chi connectivity index (χ0n) is 7.18. The summed E-state index contributed by atoms with van der Waals surface area (Å²) in [5.41, 5.74) is 2.00. The van der Waals surface area contributed by atoms with Gasteiger partial charge in [-0.15, -0.1) is 0 Å². The second-order valence-electron chi connectivity index (χ2n) is 2.78. The van der Waals surface area contributed by atoms with Crippen LogP contribution in [0.2, 0.25) is 0 Å². The van der Waals surface area contributed by atoms with Crippen molar-refractivity contribution in [1.82, 2.24) is 0 Å². The van der Waals surface area contributed by atoms with E-state index in [-0.39, 0.29) is 5.78 Å². The molecule has 1 aliphatic rings. The van der Waals surface area contributed by atoms with Crippen LogP contribution in [0.1, 0.15) is 33.1 Å². The van der Waals surface area contributed by atoms with Gasteiger partial charge in [-0.25, -0.2) is 0 Å². The zero-order valence-corrected chi connectivity index (χ0v) is 7.18. The second-order valence-corrected chi connectivity index (χ2v) is 2.78. The van der Waals surface area contributed by atoms with Gasteiger partial charge in [-0.1, -0.05) is 19.1 Å². The van der Waals surface area contributed by atoms with Crippen LogP contribution in [-0.2, 0) is 4.79 Å². The number of carbonyl (C=O) groups excluding carboxylic acids is 1. The highest BCUT2D eigenvalue weighted by molar-refractivity contribution is 6.10.